The van der Waals surface area contributed by atoms with Crippen LogP contribution in [0.25, 0.3) is 0 Å². The third-order valence-electron chi connectivity index (χ3n) is 2.53. The van der Waals surface area contributed by atoms with Crippen molar-refractivity contribution in [3.63, 3.8) is 0 Å². The number of carbonyl (C=O) groups excluding carboxylic acids is 1. The number of amides is 1. The van der Waals surface area contributed by atoms with Crippen LogP contribution in [0, 0.1) is 12.9 Å². The van der Waals surface area contributed by atoms with Crippen LogP contribution < -0.4 is 5.32 Å². The van der Waals surface area contributed by atoms with Crippen molar-refractivity contribution in [3.8, 4) is 0 Å². The lowest BCUT2D eigenvalue weighted by atomic mass is 10.2. The van der Waals surface area contributed by atoms with Gasteiger partial charge >= 0.3 is 5.97 Å². The molecule has 98 valence electrons. The summed E-state index contributed by atoms with van der Waals surface area (Å²) < 4.78 is 12.6. The molecule has 19 heavy (non-hydrogen) atoms. The minimum atomic E-state index is -1.15. The van der Waals surface area contributed by atoms with Gasteiger partial charge in [-0.1, -0.05) is 0 Å². The number of nitrogens with zero attached hydrogens (tertiary/aromatic N) is 1. The lowest BCUT2D eigenvalue weighted by molar-refractivity contribution is 0.0697. The fourth-order valence-electron chi connectivity index (χ4n) is 1.61. The van der Waals surface area contributed by atoms with Gasteiger partial charge in [-0.3, -0.25) is 4.79 Å². The molecule has 2 heterocycles. The number of H-pyrrole nitrogens is 1. The normalized spacial score (nSPS) is 10.2. The van der Waals surface area contributed by atoms with Gasteiger partial charge in [0.2, 0.25) is 5.95 Å². The van der Waals surface area contributed by atoms with Crippen molar-refractivity contribution in [1.29, 1.82) is 0 Å². The molecule has 0 atom stereocenters. The Kier molecular flexibility index (Phi) is 3.28. The predicted molar refractivity (Wildman–Crippen MR) is 64.6 cm³/mol. The second-order valence-electron chi connectivity index (χ2n) is 3.83. The zero-order valence-electron chi connectivity index (χ0n) is 9.90. The molecule has 0 radical (unpaired) electrons. The number of carboxylic acid groups (broad SMARTS) is 1. The highest BCUT2D eigenvalue weighted by molar-refractivity contribution is 6.07. The number of halogens is 1. The molecule has 0 unspecified atom stereocenters. The molecule has 0 aliphatic carbocycles. The number of aromatic nitrogens is 2. The summed E-state index contributed by atoms with van der Waals surface area (Å²) in [5.41, 5.74) is 0.708. The number of pyridine rings is 1. The average molecular weight is 263 g/mol. The third kappa shape index (κ3) is 2.59. The number of carbonyl (C=O) groups is 2. The maximum atomic E-state index is 12.6. The Hall–Kier alpha value is -2.70. The van der Waals surface area contributed by atoms with Crippen LogP contribution in [0.2, 0.25) is 0 Å². The summed E-state index contributed by atoms with van der Waals surface area (Å²) in [6.45, 7) is 1.58. The summed E-state index contributed by atoms with van der Waals surface area (Å²) in [5.74, 6) is -2.40. The van der Waals surface area contributed by atoms with Gasteiger partial charge in [0, 0.05) is 18.1 Å². The van der Waals surface area contributed by atoms with E-state index in [0.717, 1.165) is 12.3 Å². The Morgan fingerprint density at radius 2 is 2.16 bits per heavy atom. The Bertz CT molecular complexity index is 634. The number of rotatable bonds is 3. The number of anilines is 1. The number of aromatic carboxylic acids is 1. The highest BCUT2D eigenvalue weighted by Crippen LogP contribution is 2.19. The van der Waals surface area contributed by atoms with Crippen LogP contribution in [-0.4, -0.2) is 27.0 Å². The van der Waals surface area contributed by atoms with Crippen molar-refractivity contribution in [2.24, 2.45) is 0 Å². The van der Waals surface area contributed by atoms with Gasteiger partial charge in [0.25, 0.3) is 5.91 Å². The Morgan fingerprint density at radius 1 is 1.42 bits per heavy atom. The van der Waals surface area contributed by atoms with Crippen molar-refractivity contribution in [1.82, 2.24) is 9.97 Å². The summed E-state index contributed by atoms with van der Waals surface area (Å²) in [6.07, 6.45) is 2.46. The first-order chi connectivity index (χ1) is 8.99. The van der Waals surface area contributed by atoms with Crippen LogP contribution in [0.3, 0.4) is 0 Å². The van der Waals surface area contributed by atoms with Crippen molar-refractivity contribution >= 4 is 17.6 Å². The van der Waals surface area contributed by atoms with Crippen LogP contribution in [0.15, 0.2) is 24.5 Å². The number of hydrogen-bond acceptors (Lipinski definition) is 3. The zero-order chi connectivity index (χ0) is 14.0. The van der Waals surface area contributed by atoms with E-state index < -0.39 is 17.8 Å². The largest absolute Gasteiger partial charge is 0.478 e. The van der Waals surface area contributed by atoms with Crippen LogP contribution in [0.4, 0.5) is 10.1 Å². The smallest absolute Gasteiger partial charge is 0.339 e. The molecular formula is C12H10FN3O3. The number of nitrogens with one attached hydrogen (secondary N) is 2. The topological polar surface area (TPSA) is 95.1 Å². The molecule has 0 aliphatic heterocycles. The molecule has 3 N–H and O–H groups in total. The number of hydrogen-bond donors (Lipinski definition) is 3. The van der Waals surface area contributed by atoms with E-state index in [-0.39, 0.29) is 16.8 Å². The van der Waals surface area contributed by atoms with E-state index >= 15 is 0 Å². The van der Waals surface area contributed by atoms with Crippen molar-refractivity contribution in [3.05, 3.63) is 47.3 Å². The highest BCUT2D eigenvalue weighted by atomic mass is 19.1. The molecule has 2 rings (SSSR count). The van der Waals surface area contributed by atoms with E-state index in [0.29, 0.717) is 5.69 Å². The van der Waals surface area contributed by atoms with Crippen LogP contribution in [0.5, 0.6) is 0 Å². The van der Waals surface area contributed by atoms with Gasteiger partial charge in [0.1, 0.15) is 5.56 Å². The molecule has 0 bridgehead atoms. The minimum absolute atomic E-state index is 0.0107. The fourth-order valence-corrected chi connectivity index (χ4v) is 1.61. The first-order valence-corrected chi connectivity index (χ1v) is 5.33. The molecular weight excluding hydrogens is 253 g/mol. The first-order valence-electron chi connectivity index (χ1n) is 5.33. The molecule has 1 amide bonds. The number of aryl methyl sites for hydroxylation is 1. The molecule has 7 heteroatoms. The van der Waals surface area contributed by atoms with Gasteiger partial charge in [-0.2, -0.15) is 4.39 Å². The van der Waals surface area contributed by atoms with Crippen molar-refractivity contribution in [2.75, 3.05) is 5.32 Å². The van der Waals surface area contributed by atoms with Gasteiger partial charge < -0.3 is 15.4 Å². The van der Waals surface area contributed by atoms with E-state index in [1.807, 2.05) is 0 Å². The number of carboxylic acids is 1. The van der Waals surface area contributed by atoms with Gasteiger partial charge in [0.15, 0.2) is 0 Å². The maximum absolute atomic E-state index is 12.6. The van der Waals surface area contributed by atoms with E-state index in [1.165, 1.54) is 12.3 Å². The molecule has 0 fully saturated rings. The van der Waals surface area contributed by atoms with Gasteiger partial charge in [-0.25, -0.2) is 9.78 Å². The monoisotopic (exact) mass is 263 g/mol. The summed E-state index contributed by atoms with van der Waals surface area (Å²) in [4.78, 5) is 28.9. The highest BCUT2D eigenvalue weighted by Gasteiger charge is 2.17. The lowest BCUT2D eigenvalue weighted by Gasteiger charge is -2.04. The van der Waals surface area contributed by atoms with Gasteiger partial charge in [0.05, 0.1) is 11.3 Å². The fraction of sp³-hybridized carbons (Fsp3) is 0.0833. The Balaban J connectivity index is 2.24. The second kappa shape index (κ2) is 4.89. The van der Waals surface area contributed by atoms with Gasteiger partial charge in [-0.05, 0) is 19.1 Å². The van der Waals surface area contributed by atoms with E-state index in [2.05, 4.69) is 15.3 Å². The molecule has 2 aromatic rings. The maximum Gasteiger partial charge on any atom is 0.339 e. The Morgan fingerprint density at radius 3 is 2.74 bits per heavy atom. The summed E-state index contributed by atoms with van der Waals surface area (Å²) >= 11 is 0. The summed E-state index contributed by atoms with van der Waals surface area (Å²) in [5, 5.41) is 11.5. The lowest BCUT2D eigenvalue weighted by Crippen LogP contribution is -2.14. The average Bonchev–Trinajstić information content (AvgIpc) is 2.71. The number of aromatic amines is 1. The van der Waals surface area contributed by atoms with Crippen molar-refractivity contribution < 1.29 is 19.1 Å². The molecule has 0 aliphatic rings. The van der Waals surface area contributed by atoms with E-state index in [9.17, 15) is 14.0 Å². The van der Waals surface area contributed by atoms with Crippen LogP contribution in [-0.2, 0) is 0 Å². The van der Waals surface area contributed by atoms with E-state index in [4.69, 9.17) is 5.11 Å². The molecule has 0 spiro atoms. The molecule has 0 saturated carbocycles. The zero-order valence-corrected chi connectivity index (χ0v) is 9.90. The Labute approximate surface area is 107 Å². The summed E-state index contributed by atoms with van der Waals surface area (Å²) in [6, 6.07) is 2.31. The van der Waals surface area contributed by atoms with Crippen LogP contribution >= 0.6 is 0 Å². The second-order valence-corrected chi connectivity index (χ2v) is 3.83. The third-order valence-corrected chi connectivity index (χ3v) is 2.53. The molecule has 6 nitrogen and oxygen atoms in total. The van der Waals surface area contributed by atoms with Gasteiger partial charge in [-0.15, -0.1) is 0 Å². The SMILES string of the molecule is Cc1[nH]cc(NC(=O)c2ccc(F)nc2)c1C(=O)O. The predicted octanol–water partition coefficient (Wildman–Crippen LogP) is 1.81. The van der Waals surface area contributed by atoms with E-state index in [1.54, 1.807) is 6.92 Å². The standard InChI is InChI=1S/C12H10FN3O3/c1-6-10(12(18)19)8(5-14-6)16-11(17)7-2-3-9(13)15-4-7/h2-5,14H,1H3,(H,16,17)(H,18,19). The molecule has 2 aromatic heterocycles. The summed E-state index contributed by atoms with van der Waals surface area (Å²) in [7, 11) is 0. The minimum Gasteiger partial charge on any atom is -0.478 e. The molecule has 0 aromatic carbocycles. The first kappa shape index (κ1) is 12.7. The quantitative estimate of drug-likeness (QED) is 0.736. The molecule has 0 saturated heterocycles. The van der Waals surface area contributed by atoms with Crippen molar-refractivity contribution in [2.45, 2.75) is 6.92 Å². The van der Waals surface area contributed by atoms with Crippen LogP contribution in [0.1, 0.15) is 26.4 Å².